The number of rotatable bonds is 3. The number of benzene rings is 2. The van der Waals surface area contributed by atoms with Crippen LogP contribution in [0.25, 0.3) is 5.69 Å². The molecule has 1 unspecified atom stereocenters. The topological polar surface area (TPSA) is 61.6 Å². The van der Waals surface area contributed by atoms with E-state index in [0.29, 0.717) is 20.9 Å². The largest absolute Gasteiger partial charge is 0.331 e. The smallest absolute Gasteiger partial charge is 0.298 e. The van der Waals surface area contributed by atoms with Crippen LogP contribution in [0.3, 0.4) is 0 Å². The summed E-state index contributed by atoms with van der Waals surface area (Å²) in [7, 11) is 0. The number of halogens is 3. The number of aromatic amines is 1. The number of nitriles is 1. The van der Waals surface area contributed by atoms with Gasteiger partial charge in [-0.25, -0.2) is 4.79 Å². The fraction of sp³-hybridized carbons (Fsp3) is 0.0556. The van der Waals surface area contributed by atoms with Gasteiger partial charge in [0.2, 0.25) is 0 Å². The molecule has 3 aromatic rings. The van der Waals surface area contributed by atoms with E-state index < -0.39 is 11.6 Å². The number of nitrogens with one attached hydrogen (secondary N) is 1. The normalized spacial score (nSPS) is 11.8. The molecule has 4 nitrogen and oxygen atoms in total. The van der Waals surface area contributed by atoms with Crippen molar-refractivity contribution in [2.45, 2.75) is 5.92 Å². The van der Waals surface area contributed by atoms with Gasteiger partial charge in [0.05, 0.1) is 17.7 Å². The molecule has 130 valence electrons. The van der Waals surface area contributed by atoms with Crippen LogP contribution in [0.4, 0.5) is 0 Å². The van der Waals surface area contributed by atoms with Gasteiger partial charge >= 0.3 is 5.69 Å². The maximum atomic E-state index is 12.1. The highest BCUT2D eigenvalue weighted by Crippen LogP contribution is 2.37. The maximum Gasteiger partial charge on any atom is 0.331 e. The van der Waals surface area contributed by atoms with Crippen molar-refractivity contribution in [2.24, 2.45) is 0 Å². The molecule has 8 heteroatoms. The number of nitrogens with zero attached hydrogens (tertiary/aromatic N) is 2. The Hall–Kier alpha value is -2.10. The first kappa shape index (κ1) is 18.7. The molecule has 1 aromatic heterocycles. The van der Waals surface area contributed by atoms with E-state index in [4.69, 9.17) is 47.0 Å². The summed E-state index contributed by atoms with van der Waals surface area (Å²) < 4.78 is 1.66. The third kappa shape index (κ3) is 3.69. The number of hydrogen-bond acceptors (Lipinski definition) is 3. The van der Waals surface area contributed by atoms with Gasteiger partial charge < -0.3 is 0 Å². The van der Waals surface area contributed by atoms with Gasteiger partial charge in [-0.1, -0.05) is 59.2 Å². The van der Waals surface area contributed by atoms with E-state index >= 15 is 0 Å². The molecule has 0 aliphatic carbocycles. The predicted molar refractivity (Wildman–Crippen MR) is 106 cm³/mol. The third-order valence-corrected chi connectivity index (χ3v) is 4.90. The molecule has 0 aliphatic rings. The Morgan fingerprint density at radius 2 is 1.69 bits per heavy atom. The van der Waals surface area contributed by atoms with Crippen LogP contribution in [0.1, 0.15) is 17.0 Å². The highest BCUT2D eigenvalue weighted by Gasteiger charge is 2.21. The second-order valence-corrected chi connectivity index (χ2v) is 7.11. The monoisotopic (exact) mass is 421 g/mol. The summed E-state index contributed by atoms with van der Waals surface area (Å²) in [4.78, 5) is 14.6. The van der Waals surface area contributed by atoms with Crippen LogP contribution in [0.15, 0.2) is 53.5 Å². The Bertz CT molecular complexity index is 1110. The zero-order valence-corrected chi connectivity index (χ0v) is 16.1. The van der Waals surface area contributed by atoms with Gasteiger partial charge in [-0.2, -0.15) is 5.26 Å². The summed E-state index contributed by atoms with van der Waals surface area (Å²) in [6.45, 7) is 0. The van der Waals surface area contributed by atoms with Gasteiger partial charge in [-0.3, -0.25) is 9.55 Å². The molecule has 0 saturated carbocycles. The molecule has 3 rings (SSSR count). The van der Waals surface area contributed by atoms with Gasteiger partial charge in [0.15, 0.2) is 0 Å². The van der Waals surface area contributed by atoms with Crippen molar-refractivity contribution >= 4 is 47.0 Å². The molecule has 26 heavy (non-hydrogen) atoms. The fourth-order valence-electron chi connectivity index (χ4n) is 2.57. The first-order chi connectivity index (χ1) is 12.4. The first-order valence-electron chi connectivity index (χ1n) is 7.37. The molecule has 1 heterocycles. The Balaban J connectivity index is 2.12. The predicted octanol–water partition coefficient (Wildman–Crippen LogP) is 5.51. The highest BCUT2D eigenvalue weighted by atomic mass is 35.5. The summed E-state index contributed by atoms with van der Waals surface area (Å²) in [5.74, 6) is -0.667. The van der Waals surface area contributed by atoms with Gasteiger partial charge in [0, 0.05) is 26.8 Å². The zero-order chi connectivity index (χ0) is 18.8. The van der Waals surface area contributed by atoms with Crippen molar-refractivity contribution in [3.8, 4) is 11.8 Å². The van der Waals surface area contributed by atoms with E-state index in [2.05, 4.69) is 11.1 Å². The third-order valence-electron chi connectivity index (χ3n) is 3.79. The molecule has 0 saturated heterocycles. The molecular formula is C18H10Cl3N3OS. The fourth-order valence-corrected chi connectivity index (χ4v) is 3.54. The Morgan fingerprint density at radius 3 is 2.23 bits per heavy atom. The van der Waals surface area contributed by atoms with Gasteiger partial charge in [0.25, 0.3) is 0 Å². The van der Waals surface area contributed by atoms with E-state index in [-0.39, 0.29) is 10.0 Å². The van der Waals surface area contributed by atoms with Gasteiger partial charge in [-0.15, -0.1) is 0 Å². The number of H-pyrrole nitrogens is 1. The molecular weight excluding hydrogens is 413 g/mol. The highest BCUT2D eigenvalue weighted by molar-refractivity contribution is 7.71. The Morgan fingerprint density at radius 1 is 1.08 bits per heavy atom. The van der Waals surface area contributed by atoms with Crippen LogP contribution >= 0.6 is 47.0 Å². The van der Waals surface area contributed by atoms with Crippen LogP contribution in [-0.2, 0) is 0 Å². The lowest BCUT2D eigenvalue weighted by Crippen LogP contribution is -2.20. The van der Waals surface area contributed by atoms with Crippen molar-refractivity contribution in [3.05, 3.63) is 90.0 Å². The molecule has 0 amide bonds. The maximum absolute atomic E-state index is 12.1. The molecule has 2 aromatic carbocycles. The standard InChI is InChI=1S/C18H10Cl3N3OS/c19-11-3-1-10(2-4-11)13(9-22)17-14(20)7-12(8-15(17)21)24-6-5-16(26)23-18(24)25/h1-8,13H,(H,23,25,26). The average Bonchev–Trinajstić information content (AvgIpc) is 2.59. The molecule has 1 N–H and O–H groups in total. The molecule has 0 fully saturated rings. The van der Waals surface area contributed by atoms with Crippen LogP contribution in [0.5, 0.6) is 0 Å². The number of hydrogen-bond donors (Lipinski definition) is 1. The van der Waals surface area contributed by atoms with Crippen molar-refractivity contribution < 1.29 is 0 Å². The lowest BCUT2D eigenvalue weighted by Gasteiger charge is -2.16. The first-order valence-corrected chi connectivity index (χ1v) is 8.91. The van der Waals surface area contributed by atoms with E-state index in [1.807, 2.05) is 0 Å². The SMILES string of the molecule is N#CC(c1ccc(Cl)cc1)c1c(Cl)cc(-n2ccc(=S)[nH]c2=O)cc1Cl. The van der Waals surface area contributed by atoms with E-state index in [0.717, 1.165) is 5.56 Å². The molecule has 0 radical (unpaired) electrons. The van der Waals surface area contributed by atoms with E-state index in [1.165, 1.54) is 10.8 Å². The van der Waals surface area contributed by atoms with E-state index in [9.17, 15) is 10.1 Å². The van der Waals surface area contributed by atoms with Gasteiger partial charge in [0.1, 0.15) is 4.64 Å². The average molecular weight is 423 g/mol. The number of aromatic nitrogens is 2. The second-order valence-electron chi connectivity index (χ2n) is 5.42. The Labute approximate surface area is 169 Å². The summed E-state index contributed by atoms with van der Waals surface area (Å²) in [5.41, 5.74) is 1.24. The summed E-state index contributed by atoms with van der Waals surface area (Å²) in [5, 5.41) is 10.8. The molecule has 1 atom stereocenters. The molecule has 0 spiro atoms. The molecule has 0 aliphatic heterocycles. The second kappa shape index (κ2) is 7.65. The summed E-state index contributed by atoms with van der Waals surface area (Å²) in [6.07, 6.45) is 1.53. The van der Waals surface area contributed by atoms with Crippen molar-refractivity contribution in [1.82, 2.24) is 9.55 Å². The van der Waals surface area contributed by atoms with Crippen LogP contribution in [0, 0.1) is 16.0 Å². The molecule has 0 bridgehead atoms. The minimum atomic E-state index is -0.667. The summed E-state index contributed by atoms with van der Waals surface area (Å²) >= 11 is 23.7. The summed E-state index contributed by atoms with van der Waals surface area (Å²) in [6, 6.07) is 13.9. The van der Waals surface area contributed by atoms with Gasteiger partial charge in [-0.05, 0) is 35.9 Å². The minimum absolute atomic E-state index is 0.281. The minimum Gasteiger partial charge on any atom is -0.298 e. The van der Waals surface area contributed by atoms with Crippen molar-refractivity contribution in [1.29, 1.82) is 5.26 Å². The van der Waals surface area contributed by atoms with Crippen LogP contribution in [0.2, 0.25) is 15.1 Å². The Kier molecular flexibility index (Phi) is 5.49. The van der Waals surface area contributed by atoms with Crippen LogP contribution in [-0.4, -0.2) is 9.55 Å². The van der Waals surface area contributed by atoms with E-state index in [1.54, 1.807) is 42.5 Å². The van der Waals surface area contributed by atoms with Crippen LogP contribution < -0.4 is 5.69 Å². The van der Waals surface area contributed by atoms with Crippen molar-refractivity contribution in [3.63, 3.8) is 0 Å². The van der Waals surface area contributed by atoms with Crippen molar-refractivity contribution in [2.75, 3.05) is 0 Å². The zero-order valence-electron chi connectivity index (χ0n) is 13.0. The lowest BCUT2D eigenvalue weighted by molar-refractivity contribution is 0.905. The quantitative estimate of drug-likeness (QED) is 0.566. The lowest BCUT2D eigenvalue weighted by atomic mass is 9.92.